The van der Waals surface area contributed by atoms with Gasteiger partial charge in [0.1, 0.15) is 6.07 Å². The first-order valence-electron chi connectivity index (χ1n) is 5.51. The van der Waals surface area contributed by atoms with Gasteiger partial charge in [-0.3, -0.25) is 0 Å². The van der Waals surface area contributed by atoms with Crippen molar-refractivity contribution in [2.75, 3.05) is 25.6 Å². The summed E-state index contributed by atoms with van der Waals surface area (Å²) in [6.07, 6.45) is 2.09. The van der Waals surface area contributed by atoms with Crippen LogP contribution in [0.1, 0.15) is 24.0 Å². The Labute approximate surface area is 97.0 Å². The fraction of sp³-hybridized carbons (Fsp3) is 0.462. The van der Waals surface area contributed by atoms with Crippen LogP contribution in [-0.4, -0.2) is 20.3 Å². The standard InChI is InChI=1S/C13H18N2O/c1-11-5-6-13(12(9-11)10-14)15-7-3-4-8-16-2/h5-6,9,15H,3-4,7-8H2,1-2H3. The third-order valence-corrected chi connectivity index (χ3v) is 2.39. The van der Waals surface area contributed by atoms with Gasteiger partial charge in [0.05, 0.1) is 11.3 Å². The number of methoxy groups -OCH3 is 1. The summed E-state index contributed by atoms with van der Waals surface area (Å²) in [5.74, 6) is 0. The van der Waals surface area contributed by atoms with Gasteiger partial charge in [0.25, 0.3) is 0 Å². The Morgan fingerprint density at radius 1 is 1.38 bits per heavy atom. The van der Waals surface area contributed by atoms with Crippen molar-refractivity contribution in [3.8, 4) is 6.07 Å². The third kappa shape index (κ3) is 3.92. The average Bonchev–Trinajstić information content (AvgIpc) is 2.30. The molecule has 0 saturated heterocycles. The van der Waals surface area contributed by atoms with E-state index in [1.165, 1.54) is 0 Å². The van der Waals surface area contributed by atoms with Crippen LogP contribution in [-0.2, 0) is 4.74 Å². The fourth-order valence-electron chi connectivity index (χ4n) is 1.50. The van der Waals surface area contributed by atoms with E-state index in [9.17, 15) is 0 Å². The molecule has 0 radical (unpaired) electrons. The van der Waals surface area contributed by atoms with Gasteiger partial charge in [0.2, 0.25) is 0 Å². The maximum Gasteiger partial charge on any atom is 0.101 e. The molecular weight excluding hydrogens is 200 g/mol. The first-order valence-corrected chi connectivity index (χ1v) is 5.51. The van der Waals surface area contributed by atoms with Crippen LogP contribution in [0, 0.1) is 18.3 Å². The van der Waals surface area contributed by atoms with E-state index < -0.39 is 0 Å². The first kappa shape index (κ1) is 12.5. The number of nitrogens with one attached hydrogen (secondary N) is 1. The van der Waals surface area contributed by atoms with Crippen LogP contribution in [0.15, 0.2) is 18.2 Å². The lowest BCUT2D eigenvalue weighted by Gasteiger charge is -2.08. The van der Waals surface area contributed by atoms with Crippen molar-refractivity contribution >= 4 is 5.69 Å². The summed E-state index contributed by atoms with van der Waals surface area (Å²) in [5.41, 5.74) is 2.75. The summed E-state index contributed by atoms with van der Waals surface area (Å²) in [5, 5.41) is 12.2. The number of ether oxygens (including phenoxy) is 1. The van der Waals surface area contributed by atoms with Crippen molar-refractivity contribution in [3.63, 3.8) is 0 Å². The summed E-state index contributed by atoms with van der Waals surface area (Å²) in [6, 6.07) is 8.08. The number of aryl methyl sites for hydroxylation is 1. The van der Waals surface area contributed by atoms with Gasteiger partial charge in [0, 0.05) is 20.3 Å². The van der Waals surface area contributed by atoms with Gasteiger partial charge < -0.3 is 10.1 Å². The van der Waals surface area contributed by atoms with E-state index in [0.717, 1.165) is 37.2 Å². The zero-order valence-corrected chi connectivity index (χ0v) is 9.92. The molecule has 1 aromatic carbocycles. The molecule has 0 fully saturated rings. The fourth-order valence-corrected chi connectivity index (χ4v) is 1.50. The zero-order valence-electron chi connectivity index (χ0n) is 9.92. The molecule has 1 N–H and O–H groups in total. The van der Waals surface area contributed by atoms with Gasteiger partial charge in [-0.05, 0) is 37.5 Å². The first-order chi connectivity index (χ1) is 7.77. The second kappa shape index (κ2) is 6.86. The van der Waals surface area contributed by atoms with Crippen molar-refractivity contribution in [1.29, 1.82) is 5.26 Å². The number of anilines is 1. The second-order valence-corrected chi connectivity index (χ2v) is 3.79. The van der Waals surface area contributed by atoms with Crippen LogP contribution in [0.25, 0.3) is 0 Å². The quantitative estimate of drug-likeness (QED) is 0.747. The summed E-state index contributed by atoms with van der Waals surface area (Å²) in [4.78, 5) is 0. The predicted molar refractivity (Wildman–Crippen MR) is 65.5 cm³/mol. The Hall–Kier alpha value is -1.53. The van der Waals surface area contributed by atoms with Gasteiger partial charge in [-0.2, -0.15) is 5.26 Å². The second-order valence-electron chi connectivity index (χ2n) is 3.79. The number of nitrogens with zero attached hydrogens (tertiary/aromatic N) is 1. The highest BCUT2D eigenvalue weighted by Crippen LogP contribution is 2.16. The van der Waals surface area contributed by atoms with Gasteiger partial charge in [-0.25, -0.2) is 0 Å². The largest absolute Gasteiger partial charge is 0.385 e. The number of nitriles is 1. The molecule has 0 unspecified atom stereocenters. The van der Waals surface area contributed by atoms with E-state index >= 15 is 0 Å². The van der Waals surface area contributed by atoms with Crippen LogP contribution in [0.3, 0.4) is 0 Å². The van der Waals surface area contributed by atoms with E-state index in [1.807, 2.05) is 25.1 Å². The van der Waals surface area contributed by atoms with E-state index in [4.69, 9.17) is 10.00 Å². The molecule has 16 heavy (non-hydrogen) atoms. The molecule has 1 aromatic rings. The number of hydrogen-bond acceptors (Lipinski definition) is 3. The molecular formula is C13H18N2O. The lowest BCUT2D eigenvalue weighted by atomic mass is 10.1. The van der Waals surface area contributed by atoms with E-state index in [1.54, 1.807) is 7.11 Å². The highest BCUT2D eigenvalue weighted by atomic mass is 16.5. The molecule has 3 nitrogen and oxygen atoms in total. The topological polar surface area (TPSA) is 45.0 Å². The Kier molecular flexibility index (Phi) is 5.38. The number of benzene rings is 1. The van der Waals surface area contributed by atoms with Gasteiger partial charge in [-0.1, -0.05) is 6.07 Å². The molecule has 0 amide bonds. The Morgan fingerprint density at radius 3 is 2.88 bits per heavy atom. The van der Waals surface area contributed by atoms with E-state index in [0.29, 0.717) is 5.56 Å². The van der Waals surface area contributed by atoms with Crippen LogP contribution in [0.4, 0.5) is 5.69 Å². The monoisotopic (exact) mass is 218 g/mol. The lowest BCUT2D eigenvalue weighted by molar-refractivity contribution is 0.194. The number of hydrogen-bond donors (Lipinski definition) is 1. The van der Waals surface area contributed by atoms with Crippen molar-refractivity contribution in [3.05, 3.63) is 29.3 Å². The molecule has 1 rings (SSSR count). The molecule has 0 heterocycles. The van der Waals surface area contributed by atoms with Gasteiger partial charge >= 0.3 is 0 Å². The Morgan fingerprint density at radius 2 is 2.19 bits per heavy atom. The Balaban J connectivity index is 2.45. The maximum atomic E-state index is 8.97. The highest BCUT2D eigenvalue weighted by Gasteiger charge is 2.00. The van der Waals surface area contributed by atoms with E-state index in [-0.39, 0.29) is 0 Å². The average molecular weight is 218 g/mol. The highest BCUT2D eigenvalue weighted by molar-refractivity contribution is 5.58. The zero-order chi connectivity index (χ0) is 11.8. The SMILES string of the molecule is COCCCCNc1ccc(C)cc1C#N. The van der Waals surface area contributed by atoms with Crippen molar-refractivity contribution < 1.29 is 4.74 Å². The van der Waals surface area contributed by atoms with Crippen LogP contribution in [0.5, 0.6) is 0 Å². The molecule has 0 aliphatic rings. The third-order valence-electron chi connectivity index (χ3n) is 2.39. The van der Waals surface area contributed by atoms with Crippen LogP contribution in [0.2, 0.25) is 0 Å². The molecule has 0 atom stereocenters. The van der Waals surface area contributed by atoms with Crippen molar-refractivity contribution in [2.24, 2.45) is 0 Å². The molecule has 0 spiro atoms. The lowest BCUT2D eigenvalue weighted by Crippen LogP contribution is -2.04. The van der Waals surface area contributed by atoms with Crippen molar-refractivity contribution in [2.45, 2.75) is 19.8 Å². The number of rotatable bonds is 6. The maximum absolute atomic E-state index is 8.97. The molecule has 86 valence electrons. The van der Waals surface area contributed by atoms with E-state index in [2.05, 4.69) is 11.4 Å². The molecule has 0 aliphatic heterocycles. The Bertz CT molecular complexity index is 369. The number of unbranched alkanes of at least 4 members (excludes halogenated alkanes) is 1. The molecule has 0 aliphatic carbocycles. The molecule has 0 aromatic heterocycles. The minimum atomic E-state index is 0.715. The van der Waals surface area contributed by atoms with Crippen molar-refractivity contribution in [1.82, 2.24) is 0 Å². The van der Waals surface area contributed by atoms with Gasteiger partial charge in [0.15, 0.2) is 0 Å². The summed E-state index contributed by atoms with van der Waals surface area (Å²) < 4.78 is 4.97. The van der Waals surface area contributed by atoms with Crippen LogP contribution >= 0.6 is 0 Å². The minimum absolute atomic E-state index is 0.715. The van der Waals surface area contributed by atoms with Crippen LogP contribution < -0.4 is 5.32 Å². The summed E-state index contributed by atoms with van der Waals surface area (Å²) in [6.45, 7) is 3.66. The predicted octanol–water partition coefficient (Wildman–Crippen LogP) is 2.71. The molecule has 0 saturated carbocycles. The molecule has 3 heteroatoms. The molecule has 0 bridgehead atoms. The summed E-state index contributed by atoms with van der Waals surface area (Å²) in [7, 11) is 1.71. The smallest absolute Gasteiger partial charge is 0.101 e. The van der Waals surface area contributed by atoms with Gasteiger partial charge in [-0.15, -0.1) is 0 Å². The summed E-state index contributed by atoms with van der Waals surface area (Å²) >= 11 is 0. The minimum Gasteiger partial charge on any atom is -0.385 e. The normalized spacial score (nSPS) is 9.81.